The lowest BCUT2D eigenvalue weighted by Crippen LogP contribution is -1.93. The minimum atomic E-state index is 0.744. The Labute approximate surface area is 135 Å². The lowest BCUT2D eigenvalue weighted by Gasteiger charge is -2.04. The lowest BCUT2D eigenvalue weighted by molar-refractivity contribution is 1.15. The molecule has 0 aliphatic carbocycles. The van der Waals surface area contributed by atoms with Gasteiger partial charge in [-0.3, -0.25) is 0 Å². The molecule has 0 atom stereocenters. The van der Waals surface area contributed by atoms with E-state index in [-0.39, 0.29) is 0 Å². The minimum absolute atomic E-state index is 0.744. The molecule has 0 aliphatic rings. The summed E-state index contributed by atoms with van der Waals surface area (Å²) in [5.74, 6) is 0.744. The van der Waals surface area contributed by atoms with Gasteiger partial charge in [0.2, 0.25) is 0 Å². The van der Waals surface area contributed by atoms with E-state index in [1.54, 1.807) is 12.3 Å². The fraction of sp³-hybridized carbons (Fsp3) is 0.300. The van der Waals surface area contributed by atoms with Gasteiger partial charge < -0.3 is 0 Å². The average Bonchev–Trinajstić information content (AvgIpc) is 2.60. The van der Waals surface area contributed by atoms with Crippen molar-refractivity contribution in [3.8, 4) is 11.4 Å². The van der Waals surface area contributed by atoms with Crippen molar-refractivity contribution in [1.29, 1.82) is 0 Å². The Morgan fingerprint density at radius 2 is 1.59 bits per heavy atom. The van der Waals surface area contributed by atoms with Gasteiger partial charge in [-0.05, 0) is 25.5 Å². The van der Waals surface area contributed by atoms with E-state index in [0.717, 1.165) is 22.7 Å². The highest BCUT2D eigenvalue weighted by atomic mass is 14.9. The van der Waals surface area contributed by atoms with Crippen LogP contribution in [0.2, 0.25) is 0 Å². The van der Waals surface area contributed by atoms with E-state index in [9.17, 15) is 0 Å². The molecule has 22 heavy (non-hydrogen) atoms. The topological polar surface area (TPSA) is 25.8 Å². The Balaban J connectivity index is 0.00000102. The van der Waals surface area contributed by atoms with Gasteiger partial charge in [-0.2, -0.15) is 0 Å². The molecule has 2 nitrogen and oxygen atoms in total. The first-order chi connectivity index (χ1) is 10.7. The van der Waals surface area contributed by atoms with Crippen molar-refractivity contribution in [2.45, 2.75) is 41.5 Å². The molecule has 0 saturated heterocycles. The molecule has 1 aromatic heterocycles. The molecule has 2 heteroatoms. The summed E-state index contributed by atoms with van der Waals surface area (Å²) in [6.45, 7) is 15.8. The van der Waals surface area contributed by atoms with E-state index in [0.29, 0.717) is 0 Å². The molecule has 0 aliphatic heterocycles. The van der Waals surface area contributed by atoms with Gasteiger partial charge in [0.25, 0.3) is 0 Å². The normalized spacial score (nSPS) is 9.82. The quantitative estimate of drug-likeness (QED) is 0.640. The first-order valence-corrected chi connectivity index (χ1v) is 7.94. The van der Waals surface area contributed by atoms with Crippen LogP contribution in [0.3, 0.4) is 0 Å². The second kappa shape index (κ2) is 11.4. The monoisotopic (exact) mass is 296 g/mol. The number of hydrogen-bond donors (Lipinski definition) is 0. The Hall–Kier alpha value is -2.22. The zero-order valence-electron chi connectivity index (χ0n) is 14.7. The van der Waals surface area contributed by atoms with Gasteiger partial charge in [0.05, 0.1) is 5.69 Å². The number of aryl methyl sites for hydroxylation is 1. The third-order valence-electron chi connectivity index (χ3n) is 2.79. The Morgan fingerprint density at radius 3 is 2.09 bits per heavy atom. The Kier molecular flexibility index (Phi) is 10.3. The SMILES string of the molecule is C=C/C(=C\C)c1ccnc(-c2ccc(C)cc2)n1.CC.CC. The number of hydrogen-bond acceptors (Lipinski definition) is 2. The van der Waals surface area contributed by atoms with E-state index >= 15 is 0 Å². The zero-order chi connectivity index (χ0) is 17.0. The van der Waals surface area contributed by atoms with Gasteiger partial charge in [0, 0.05) is 11.8 Å². The predicted molar refractivity (Wildman–Crippen MR) is 98.7 cm³/mol. The third kappa shape index (κ3) is 5.65. The van der Waals surface area contributed by atoms with E-state index in [1.807, 2.05) is 58.9 Å². The number of allylic oxidation sites excluding steroid dienone is 3. The summed E-state index contributed by atoms with van der Waals surface area (Å²) in [6.07, 6.45) is 5.58. The number of nitrogens with zero attached hydrogens (tertiary/aromatic N) is 2. The smallest absolute Gasteiger partial charge is 0.159 e. The Bertz CT molecular complexity index is 581. The molecule has 0 radical (unpaired) electrons. The van der Waals surface area contributed by atoms with Crippen molar-refractivity contribution >= 4 is 5.57 Å². The maximum atomic E-state index is 4.56. The van der Waals surface area contributed by atoms with E-state index in [1.165, 1.54) is 5.56 Å². The van der Waals surface area contributed by atoms with Gasteiger partial charge in [-0.25, -0.2) is 9.97 Å². The molecular weight excluding hydrogens is 268 g/mol. The van der Waals surface area contributed by atoms with E-state index in [4.69, 9.17) is 0 Å². The molecule has 0 spiro atoms. The molecule has 2 rings (SSSR count). The summed E-state index contributed by atoms with van der Waals surface area (Å²) in [4.78, 5) is 8.88. The van der Waals surface area contributed by atoms with Crippen LogP contribution in [0.5, 0.6) is 0 Å². The molecule has 0 unspecified atom stereocenters. The summed E-state index contributed by atoms with van der Waals surface area (Å²) < 4.78 is 0. The first-order valence-electron chi connectivity index (χ1n) is 7.94. The molecule has 2 aromatic rings. The van der Waals surface area contributed by atoms with Crippen LogP contribution in [0.1, 0.15) is 45.9 Å². The zero-order valence-corrected chi connectivity index (χ0v) is 14.7. The van der Waals surface area contributed by atoms with Gasteiger partial charge in [-0.1, -0.05) is 76.3 Å². The molecule has 1 aromatic carbocycles. The molecule has 0 bridgehead atoms. The van der Waals surface area contributed by atoms with Crippen LogP contribution in [-0.4, -0.2) is 9.97 Å². The van der Waals surface area contributed by atoms with Crippen LogP contribution >= 0.6 is 0 Å². The van der Waals surface area contributed by atoms with Crippen molar-refractivity contribution in [2.24, 2.45) is 0 Å². The number of aromatic nitrogens is 2. The molecule has 1 heterocycles. The first kappa shape index (κ1) is 19.8. The summed E-state index contributed by atoms with van der Waals surface area (Å²) >= 11 is 0. The highest BCUT2D eigenvalue weighted by Gasteiger charge is 2.04. The predicted octanol–water partition coefficient (Wildman–Crippen LogP) is 6.09. The van der Waals surface area contributed by atoms with Crippen molar-refractivity contribution in [1.82, 2.24) is 9.97 Å². The standard InChI is InChI=1S/C16H16N2.2C2H6/c1-4-13(5-2)15-10-11-17-16(18-15)14-8-6-12(3)7-9-14;2*1-2/h4-11H,1H2,2-3H3;2*1-2H3/b13-5+;;. The number of benzene rings is 1. The maximum absolute atomic E-state index is 4.56. The van der Waals surface area contributed by atoms with Crippen molar-refractivity contribution in [2.75, 3.05) is 0 Å². The fourth-order valence-electron chi connectivity index (χ4n) is 1.73. The van der Waals surface area contributed by atoms with Crippen LogP contribution in [0, 0.1) is 6.92 Å². The van der Waals surface area contributed by atoms with Crippen LogP contribution in [0.25, 0.3) is 17.0 Å². The highest BCUT2D eigenvalue weighted by Crippen LogP contribution is 2.18. The third-order valence-corrected chi connectivity index (χ3v) is 2.79. The molecular formula is C20H28N2. The van der Waals surface area contributed by atoms with Crippen LogP contribution in [0.15, 0.2) is 55.3 Å². The van der Waals surface area contributed by atoms with Gasteiger partial charge in [-0.15, -0.1) is 0 Å². The molecule has 0 N–H and O–H groups in total. The van der Waals surface area contributed by atoms with Crippen molar-refractivity contribution in [3.63, 3.8) is 0 Å². The second-order valence-corrected chi connectivity index (χ2v) is 4.08. The average molecular weight is 296 g/mol. The van der Waals surface area contributed by atoms with E-state index in [2.05, 4.69) is 35.6 Å². The lowest BCUT2D eigenvalue weighted by atomic mass is 10.1. The largest absolute Gasteiger partial charge is 0.237 e. The van der Waals surface area contributed by atoms with Gasteiger partial charge in [0.1, 0.15) is 0 Å². The number of rotatable bonds is 3. The van der Waals surface area contributed by atoms with Crippen molar-refractivity contribution in [3.05, 3.63) is 66.5 Å². The summed E-state index contributed by atoms with van der Waals surface area (Å²) in [7, 11) is 0. The highest BCUT2D eigenvalue weighted by molar-refractivity contribution is 5.71. The summed E-state index contributed by atoms with van der Waals surface area (Å²) in [5.41, 5.74) is 4.18. The summed E-state index contributed by atoms with van der Waals surface area (Å²) in [6, 6.07) is 10.1. The van der Waals surface area contributed by atoms with Crippen LogP contribution in [-0.2, 0) is 0 Å². The molecule has 0 saturated carbocycles. The van der Waals surface area contributed by atoms with E-state index < -0.39 is 0 Å². The molecule has 0 amide bonds. The van der Waals surface area contributed by atoms with Gasteiger partial charge >= 0.3 is 0 Å². The van der Waals surface area contributed by atoms with Crippen molar-refractivity contribution < 1.29 is 0 Å². The molecule has 0 fully saturated rings. The second-order valence-electron chi connectivity index (χ2n) is 4.08. The van der Waals surface area contributed by atoms with Gasteiger partial charge in [0.15, 0.2) is 5.82 Å². The van der Waals surface area contributed by atoms with Crippen LogP contribution in [0.4, 0.5) is 0 Å². The maximum Gasteiger partial charge on any atom is 0.159 e. The fourth-order valence-corrected chi connectivity index (χ4v) is 1.73. The molecule has 118 valence electrons. The summed E-state index contributed by atoms with van der Waals surface area (Å²) in [5, 5.41) is 0. The van der Waals surface area contributed by atoms with Crippen LogP contribution < -0.4 is 0 Å². The minimum Gasteiger partial charge on any atom is -0.237 e. The Morgan fingerprint density at radius 1 is 1.00 bits per heavy atom.